The molecule has 0 aromatic rings. The predicted molar refractivity (Wildman–Crippen MR) is 79.6 cm³/mol. The second kappa shape index (κ2) is 7.49. The SMILES string of the molecule is CC1=C([O-])C(C)C1=O.CC1=C([O-])C(C)C1=O.CC1C([O-])C(C)C1[O-]. The van der Waals surface area contributed by atoms with Crippen LogP contribution in [0.5, 0.6) is 0 Å². The Hall–Kier alpha value is -1.66. The van der Waals surface area contributed by atoms with Crippen LogP contribution in [-0.4, -0.2) is 23.8 Å². The van der Waals surface area contributed by atoms with Crippen molar-refractivity contribution in [1.29, 1.82) is 0 Å². The highest BCUT2D eigenvalue weighted by Gasteiger charge is 2.28. The summed E-state index contributed by atoms with van der Waals surface area (Å²) in [4.78, 5) is 21.0. The van der Waals surface area contributed by atoms with E-state index in [2.05, 4.69) is 0 Å². The van der Waals surface area contributed by atoms with Crippen molar-refractivity contribution in [2.24, 2.45) is 23.7 Å². The maximum absolute atomic E-state index is 10.7. The highest BCUT2D eigenvalue weighted by atomic mass is 16.3. The lowest BCUT2D eigenvalue weighted by Gasteiger charge is -2.58. The quantitative estimate of drug-likeness (QED) is 0.525. The van der Waals surface area contributed by atoms with Crippen LogP contribution in [0.4, 0.5) is 0 Å². The number of hydrogen-bond donors (Lipinski definition) is 0. The van der Waals surface area contributed by atoms with Crippen molar-refractivity contribution in [3.8, 4) is 0 Å². The standard InChI is InChI=1S/C6H10O2.2C6H8O2/c3*1-3-5(7)4(2)6(3)8/h3-6H,1-2H3;2*3,7H,1-2H3/q-2;;/p-2. The van der Waals surface area contributed by atoms with E-state index in [1.807, 2.05) is 0 Å². The van der Waals surface area contributed by atoms with Crippen LogP contribution in [0.3, 0.4) is 0 Å². The van der Waals surface area contributed by atoms with Crippen molar-refractivity contribution in [1.82, 2.24) is 0 Å². The summed E-state index contributed by atoms with van der Waals surface area (Å²) in [5, 5.41) is 42.3. The van der Waals surface area contributed by atoms with Crippen LogP contribution in [-0.2, 0) is 9.59 Å². The first-order valence-electron chi connectivity index (χ1n) is 8.09. The van der Waals surface area contributed by atoms with Crippen molar-refractivity contribution in [2.45, 2.75) is 53.8 Å². The smallest absolute Gasteiger partial charge is 0.163 e. The molecule has 3 aliphatic carbocycles. The number of hydrogen-bond acceptors (Lipinski definition) is 6. The number of carbonyl (C=O) groups is 2. The van der Waals surface area contributed by atoms with Gasteiger partial charge in [-0.2, -0.15) is 0 Å². The lowest BCUT2D eigenvalue weighted by molar-refractivity contribution is -0.558. The van der Waals surface area contributed by atoms with Gasteiger partial charge in [0.15, 0.2) is 11.6 Å². The molecule has 24 heavy (non-hydrogen) atoms. The summed E-state index contributed by atoms with van der Waals surface area (Å²) >= 11 is 0. The van der Waals surface area contributed by atoms with Gasteiger partial charge in [0.25, 0.3) is 0 Å². The van der Waals surface area contributed by atoms with E-state index in [4.69, 9.17) is 0 Å². The number of Topliss-reactive ketones (excluding diaryl/α,β-unsaturated/α-hetero) is 2. The summed E-state index contributed by atoms with van der Waals surface area (Å²) < 4.78 is 0. The molecule has 2 atom stereocenters. The molecular formula is C18H24O6-4. The number of rotatable bonds is 0. The summed E-state index contributed by atoms with van der Waals surface area (Å²) in [5.74, 6) is -0.907. The molecule has 0 bridgehead atoms. The summed E-state index contributed by atoms with van der Waals surface area (Å²) in [6, 6.07) is 0. The minimum Gasteiger partial charge on any atom is -0.875 e. The Morgan fingerprint density at radius 1 is 0.667 bits per heavy atom. The van der Waals surface area contributed by atoms with Crippen molar-refractivity contribution in [3.63, 3.8) is 0 Å². The zero-order valence-corrected chi connectivity index (χ0v) is 14.9. The lowest BCUT2D eigenvalue weighted by Crippen LogP contribution is -2.64. The minimum atomic E-state index is -0.586. The molecule has 0 N–H and O–H groups in total. The van der Waals surface area contributed by atoms with Gasteiger partial charge >= 0.3 is 0 Å². The molecule has 6 nitrogen and oxygen atoms in total. The third-order valence-electron chi connectivity index (χ3n) is 5.12. The molecule has 0 amide bonds. The maximum atomic E-state index is 10.7. The third kappa shape index (κ3) is 3.54. The van der Waals surface area contributed by atoms with Gasteiger partial charge in [0.2, 0.25) is 0 Å². The Bertz CT molecular complexity index is 516. The van der Waals surface area contributed by atoms with Gasteiger partial charge in [-0.3, -0.25) is 9.59 Å². The molecule has 0 aliphatic heterocycles. The van der Waals surface area contributed by atoms with Gasteiger partial charge < -0.3 is 20.4 Å². The Labute approximate surface area is 142 Å². The molecule has 0 aromatic heterocycles. The third-order valence-corrected chi connectivity index (χ3v) is 5.12. The fourth-order valence-electron chi connectivity index (χ4n) is 2.81. The van der Waals surface area contributed by atoms with E-state index in [1.165, 1.54) is 0 Å². The lowest BCUT2D eigenvalue weighted by atomic mass is 9.71. The molecule has 0 radical (unpaired) electrons. The van der Waals surface area contributed by atoms with Crippen molar-refractivity contribution in [3.05, 3.63) is 22.7 Å². The molecule has 0 saturated heterocycles. The van der Waals surface area contributed by atoms with Crippen LogP contribution in [0, 0.1) is 23.7 Å². The van der Waals surface area contributed by atoms with Gasteiger partial charge in [-0.15, -0.1) is 23.7 Å². The topological polar surface area (TPSA) is 126 Å². The van der Waals surface area contributed by atoms with Gasteiger partial charge in [0.05, 0.1) is 0 Å². The van der Waals surface area contributed by atoms with Crippen LogP contribution in [0.2, 0.25) is 0 Å². The molecular weight excluding hydrogens is 312 g/mol. The average molecular weight is 336 g/mol. The Balaban J connectivity index is 0.000000180. The van der Waals surface area contributed by atoms with E-state index < -0.39 is 12.2 Å². The number of allylic oxidation sites excluding steroid dienone is 4. The second-order valence-electron chi connectivity index (χ2n) is 6.80. The molecule has 0 spiro atoms. The van der Waals surface area contributed by atoms with Gasteiger partial charge in [-0.25, -0.2) is 0 Å². The summed E-state index contributed by atoms with van der Waals surface area (Å²) in [7, 11) is 0. The predicted octanol–water partition coefficient (Wildman–Crippen LogP) is -1.59. The Morgan fingerprint density at radius 2 is 0.917 bits per heavy atom. The van der Waals surface area contributed by atoms with Crippen LogP contribution >= 0.6 is 0 Å². The Morgan fingerprint density at radius 3 is 1.00 bits per heavy atom. The zero-order chi connectivity index (χ0) is 18.9. The molecule has 136 valence electrons. The van der Waals surface area contributed by atoms with E-state index in [9.17, 15) is 30.0 Å². The normalized spacial score (nSPS) is 37.3. The minimum absolute atomic E-state index is 0.00926. The molecule has 0 aromatic carbocycles. The molecule has 1 saturated carbocycles. The molecule has 2 unspecified atom stereocenters. The summed E-state index contributed by atoms with van der Waals surface area (Å²) in [6.45, 7) is 9.88. The molecule has 3 aliphatic rings. The monoisotopic (exact) mass is 336 g/mol. The van der Waals surface area contributed by atoms with Crippen LogP contribution < -0.4 is 20.4 Å². The average Bonchev–Trinajstić information content (AvgIpc) is 2.63. The number of ketones is 2. The van der Waals surface area contributed by atoms with Gasteiger partial charge in [0.1, 0.15) is 0 Å². The van der Waals surface area contributed by atoms with Gasteiger partial charge in [-0.1, -0.05) is 39.5 Å². The largest absolute Gasteiger partial charge is 0.875 e. The van der Waals surface area contributed by atoms with Crippen LogP contribution in [0.25, 0.3) is 0 Å². The van der Waals surface area contributed by atoms with E-state index >= 15 is 0 Å². The fourth-order valence-corrected chi connectivity index (χ4v) is 2.81. The molecule has 1 fully saturated rings. The summed E-state index contributed by atoms with van der Waals surface area (Å²) in [5.41, 5.74) is 0.829. The molecule has 3 rings (SSSR count). The zero-order valence-electron chi connectivity index (χ0n) is 14.9. The highest BCUT2D eigenvalue weighted by Crippen LogP contribution is 2.29. The first-order valence-corrected chi connectivity index (χ1v) is 8.09. The van der Waals surface area contributed by atoms with Crippen molar-refractivity contribution >= 4 is 11.6 Å². The van der Waals surface area contributed by atoms with Crippen LogP contribution in [0.1, 0.15) is 41.5 Å². The second-order valence-corrected chi connectivity index (χ2v) is 6.80. The van der Waals surface area contributed by atoms with Crippen LogP contribution in [0.15, 0.2) is 22.7 Å². The van der Waals surface area contributed by atoms with Crippen molar-refractivity contribution in [2.75, 3.05) is 0 Å². The summed E-state index contributed by atoms with van der Waals surface area (Å²) in [6.07, 6.45) is -1.17. The van der Waals surface area contributed by atoms with E-state index in [1.54, 1.807) is 41.5 Å². The van der Waals surface area contributed by atoms with E-state index in [0.29, 0.717) is 11.1 Å². The highest BCUT2D eigenvalue weighted by molar-refractivity contribution is 6.05. The molecule has 0 heterocycles. The Kier molecular flexibility index (Phi) is 6.36. The first kappa shape index (κ1) is 20.4. The van der Waals surface area contributed by atoms with Crippen molar-refractivity contribution < 1.29 is 30.0 Å². The van der Waals surface area contributed by atoms with Gasteiger partial charge in [-0.05, 0) is 25.0 Å². The maximum Gasteiger partial charge on any atom is 0.163 e. The molecule has 6 heteroatoms. The fraction of sp³-hybridized carbons (Fsp3) is 0.667. The van der Waals surface area contributed by atoms with Gasteiger partial charge in [0, 0.05) is 11.8 Å². The van der Waals surface area contributed by atoms with E-state index in [0.717, 1.165) is 0 Å². The first-order chi connectivity index (χ1) is 10.9. The number of carbonyl (C=O) groups excluding carboxylic acids is 2. The van der Waals surface area contributed by atoms with E-state index in [-0.39, 0.29) is 46.8 Å².